The fraction of sp³-hybridized carbons (Fsp3) is 0. The van der Waals surface area contributed by atoms with Crippen LogP contribution < -0.4 is 5.30 Å². The van der Waals surface area contributed by atoms with E-state index in [0.717, 1.165) is 5.30 Å². The lowest BCUT2D eigenvalue weighted by Gasteiger charge is -1.86. The Labute approximate surface area is 49.6 Å². The molecule has 0 aliphatic carbocycles. The van der Waals surface area contributed by atoms with Gasteiger partial charge in [-0.2, -0.15) is 0 Å². The van der Waals surface area contributed by atoms with Crippen molar-refractivity contribution in [2.45, 2.75) is 0 Å². The van der Waals surface area contributed by atoms with Crippen molar-refractivity contribution in [2.75, 3.05) is 0 Å². The number of hydrogen-bond acceptors (Lipinski definition) is 0. The summed E-state index contributed by atoms with van der Waals surface area (Å²) in [6.45, 7) is 0. The van der Waals surface area contributed by atoms with Gasteiger partial charge in [0.25, 0.3) is 0 Å². The van der Waals surface area contributed by atoms with Gasteiger partial charge in [0.15, 0.2) is 0 Å². The summed E-state index contributed by atoms with van der Waals surface area (Å²) in [5.41, 5.74) is 0. The second-order valence-corrected chi connectivity index (χ2v) is 2.23. The quantitative estimate of drug-likeness (QED) is 0.506. The van der Waals surface area contributed by atoms with Crippen molar-refractivity contribution in [2.24, 2.45) is 0 Å². The van der Waals surface area contributed by atoms with Gasteiger partial charge in [-0.3, -0.25) is 0 Å². The molecule has 2 heteroatoms. The molecule has 0 spiro atoms. The molecule has 0 N–H and O–H groups in total. The molecule has 1 aromatic carbocycles. The molecule has 0 heterocycles. The monoisotopic (exact) mass is 128 g/mol. The summed E-state index contributed by atoms with van der Waals surface area (Å²) in [5.74, 6) is 0. The molecule has 0 bridgehead atoms. The molecule has 1 rings (SSSR count). The van der Waals surface area contributed by atoms with Crippen LogP contribution in [0.25, 0.3) is 0 Å². The van der Waals surface area contributed by atoms with E-state index in [0.29, 0.717) is 0 Å². The molecule has 0 aliphatic rings. The lowest BCUT2D eigenvalue weighted by molar-refractivity contribution is 0.929. The fourth-order valence-corrected chi connectivity index (χ4v) is 0.820. The van der Waals surface area contributed by atoms with Crippen molar-refractivity contribution < 1.29 is 4.20 Å². The van der Waals surface area contributed by atoms with Crippen LogP contribution in [0.3, 0.4) is 0 Å². The van der Waals surface area contributed by atoms with E-state index in [1.807, 2.05) is 18.2 Å². The summed E-state index contributed by atoms with van der Waals surface area (Å²) in [5, 5.41) is 0.771. The van der Waals surface area contributed by atoms with Crippen molar-refractivity contribution in [1.29, 1.82) is 0 Å². The van der Waals surface area contributed by atoms with Gasteiger partial charge in [0.2, 0.25) is 0 Å². The molecule has 1 unspecified atom stereocenters. The molecule has 42 valence electrons. The highest BCUT2D eigenvalue weighted by molar-refractivity contribution is 7.41. The lowest BCUT2D eigenvalue weighted by Crippen LogP contribution is -1.86. The Morgan fingerprint density at radius 3 is 2.12 bits per heavy atom. The molecule has 1 atom stereocenters. The molecular formula is C6H6FP. The van der Waals surface area contributed by atoms with Crippen molar-refractivity contribution in [3.8, 4) is 0 Å². The van der Waals surface area contributed by atoms with Gasteiger partial charge in [-0.05, 0) is 0 Å². The minimum atomic E-state index is -0.570. The third-order valence-electron chi connectivity index (χ3n) is 0.883. The fourth-order valence-electron chi connectivity index (χ4n) is 0.501. The van der Waals surface area contributed by atoms with Gasteiger partial charge in [-0.25, -0.2) is 4.20 Å². The van der Waals surface area contributed by atoms with Gasteiger partial charge in [0.1, 0.15) is 0 Å². The summed E-state index contributed by atoms with van der Waals surface area (Å²) >= 11 is 0. The highest BCUT2D eigenvalue weighted by atomic mass is 31.1. The average molecular weight is 128 g/mol. The normalized spacial score (nSPS) is 10.6. The second kappa shape index (κ2) is 2.78. The second-order valence-electron chi connectivity index (χ2n) is 1.46. The number of halogens is 1. The number of rotatable bonds is 1. The summed E-state index contributed by atoms with van der Waals surface area (Å²) in [4.78, 5) is 0. The van der Waals surface area contributed by atoms with E-state index in [1.54, 1.807) is 12.1 Å². The molecule has 0 saturated heterocycles. The Morgan fingerprint density at radius 2 is 1.75 bits per heavy atom. The van der Waals surface area contributed by atoms with Gasteiger partial charge in [0, 0.05) is 5.30 Å². The van der Waals surface area contributed by atoms with Crippen LogP contribution >= 0.6 is 8.89 Å². The lowest BCUT2D eigenvalue weighted by atomic mass is 10.4. The first-order valence-corrected chi connectivity index (χ1v) is 3.23. The van der Waals surface area contributed by atoms with E-state index in [1.165, 1.54) is 0 Å². The highest BCUT2D eigenvalue weighted by Gasteiger charge is 1.83. The third kappa shape index (κ3) is 1.28. The third-order valence-corrected chi connectivity index (χ3v) is 1.43. The van der Waals surface area contributed by atoms with Gasteiger partial charge >= 0.3 is 0 Å². The van der Waals surface area contributed by atoms with E-state index in [4.69, 9.17) is 0 Å². The topological polar surface area (TPSA) is 0 Å². The molecule has 0 saturated carbocycles. The minimum Gasteiger partial charge on any atom is -0.225 e. The standard InChI is InChI=1S/C6H6FP/c7-8-6-4-2-1-3-5-6/h1-5,8H. The van der Waals surface area contributed by atoms with Crippen LogP contribution in [0.2, 0.25) is 0 Å². The van der Waals surface area contributed by atoms with Crippen molar-refractivity contribution >= 4 is 14.2 Å². The van der Waals surface area contributed by atoms with E-state index in [2.05, 4.69) is 0 Å². The molecule has 0 nitrogen and oxygen atoms in total. The zero-order valence-electron chi connectivity index (χ0n) is 4.26. The summed E-state index contributed by atoms with van der Waals surface area (Å²) in [7, 11) is -0.570. The first-order chi connectivity index (χ1) is 3.93. The van der Waals surface area contributed by atoms with Crippen LogP contribution in [0, 0.1) is 0 Å². The van der Waals surface area contributed by atoms with Crippen molar-refractivity contribution in [3.63, 3.8) is 0 Å². The van der Waals surface area contributed by atoms with E-state index < -0.39 is 8.89 Å². The molecule has 1 aromatic rings. The smallest absolute Gasteiger partial charge is 0.0984 e. The Morgan fingerprint density at radius 1 is 1.12 bits per heavy atom. The van der Waals surface area contributed by atoms with Crippen LogP contribution in [0.15, 0.2) is 30.3 Å². The van der Waals surface area contributed by atoms with Crippen LogP contribution in [-0.2, 0) is 0 Å². The van der Waals surface area contributed by atoms with Crippen molar-refractivity contribution in [1.82, 2.24) is 0 Å². The van der Waals surface area contributed by atoms with Gasteiger partial charge in [0.05, 0.1) is 8.89 Å². The molecule has 0 aromatic heterocycles. The highest BCUT2D eigenvalue weighted by Crippen LogP contribution is 2.08. The Hall–Kier alpha value is -0.420. The summed E-state index contributed by atoms with van der Waals surface area (Å²) < 4.78 is 11.8. The molecule has 0 amide bonds. The maximum Gasteiger partial charge on any atom is 0.0984 e. The van der Waals surface area contributed by atoms with Gasteiger partial charge in [-0.1, -0.05) is 30.3 Å². The van der Waals surface area contributed by atoms with Crippen LogP contribution in [0.1, 0.15) is 0 Å². The summed E-state index contributed by atoms with van der Waals surface area (Å²) in [6, 6.07) is 9.10. The van der Waals surface area contributed by atoms with Crippen LogP contribution in [0.5, 0.6) is 0 Å². The van der Waals surface area contributed by atoms with Gasteiger partial charge in [-0.15, -0.1) is 0 Å². The average Bonchev–Trinajstić information content (AvgIpc) is 1.90. The number of benzene rings is 1. The SMILES string of the molecule is FPc1ccccc1. The van der Waals surface area contributed by atoms with Crippen molar-refractivity contribution in [3.05, 3.63) is 30.3 Å². The van der Waals surface area contributed by atoms with Crippen LogP contribution in [0.4, 0.5) is 4.20 Å². The van der Waals surface area contributed by atoms with Gasteiger partial charge < -0.3 is 0 Å². The first kappa shape index (κ1) is 5.71. The maximum absolute atomic E-state index is 11.8. The predicted molar refractivity (Wildman–Crippen MR) is 35.5 cm³/mol. The van der Waals surface area contributed by atoms with E-state index >= 15 is 0 Å². The maximum atomic E-state index is 11.8. The van der Waals surface area contributed by atoms with E-state index in [-0.39, 0.29) is 0 Å². The molecular weight excluding hydrogens is 122 g/mol. The Kier molecular flexibility index (Phi) is 1.99. The Bertz CT molecular complexity index is 150. The largest absolute Gasteiger partial charge is 0.225 e. The van der Waals surface area contributed by atoms with E-state index in [9.17, 15) is 4.20 Å². The Balaban J connectivity index is 2.83. The minimum absolute atomic E-state index is 0.570. The summed E-state index contributed by atoms with van der Waals surface area (Å²) in [6.07, 6.45) is 0. The first-order valence-electron chi connectivity index (χ1n) is 2.35. The predicted octanol–water partition coefficient (Wildman–Crippen LogP) is 1.87. The molecule has 0 fully saturated rings. The molecule has 0 aliphatic heterocycles. The van der Waals surface area contributed by atoms with Crippen LogP contribution in [-0.4, -0.2) is 0 Å². The zero-order chi connectivity index (χ0) is 5.82. The zero-order valence-corrected chi connectivity index (χ0v) is 5.26. The number of hydrogen-bond donors (Lipinski definition) is 0. The molecule has 0 radical (unpaired) electrons. The molecule has 8 heavy (non-hydrogen) atoms.